The lowest BCUT2D eigenvalue weighted by atomic mass is 10.1. The number of hydrogen-bond donors (Lipinski definition) is 2. The highest BCUT2D eigenvalue weighted by molar-refractivity contribution is 9.10. The fourth-order valence-corrected chi connectivity index (χ4v) is 2.91. The van der Waals surface area contributed by atoms with E-state index in [1.807, 2.05) is 12.1 Å². The van der Waals surface area contributed by atoms with Crippen LogP contribution in [0.25, 0.3) is 11.0 Å². The van der Waals surface area contributed by atoms with Gasteiger partial charge in [0.05, 0.1) is 26.7 Å². The molecule has 0 unspecified atom stereocenters. The molecule has 0 fully saturated rings. The van der Waals surface area contributed by atoms with Crippen LogP contribution in [0, 0.1) is 17.0 Å². The van der Waals surface area contributed by atoms with Gasteiger partial charge in [-0.1, -0.05) is 33.6 Å². The van der Waals surface area contributed by atoms with Crippen molar-refractivity contribution in [1.29, 1.82) is 0 Å². The minimum absolute atomic E-state index is 0.0243. The van der Waals surface area contributed by atoms with E-state index in [9.17, 15) is 14.9 Å². The van der Waals surface area contributed by atoms with E-state index in [2.05, 4.69) is 36.7 Å². The van der Waals surface area contributed by atoms with E-state index >= 15 is 0 Å². The van der Waals surface area contributed by atoms with Crippen LogP contribution in [-0.4, -0.2) is 20.8 Å². The lowest BCUT2D eigenvalue weighted by Gasteiger charge is -2.11. The summed E-state index contributed by atoms with van der Waals surface area (Å²) in [6.07, 6.45) is 0. The first-order valence-electron chi connectivity index (χ1n) is 7.30. The molecule has 0 aliphatic rings. The fraction of sp³-hybridized carbons (Fsp3) is 0.0625. The van der Waals surface area contributed by atoms with Crippen molar-refractivity contribution in [3.05, 3.63) is 67.3 Å². The Morgan fingerprint density at radius 2 is 2.00 bits per heavy atom. The molecule has 1 heterocycles. The van der Waals surface area contributed by atoms with Gasteiger partial charge >= 0.3 is 0 Å². The topological polar surface area (TPSA) is 110 Å². The Bertz CT molecular complexity index is 1040. The number of aromatic nitrogens is 2. The van der Waals surface area contributed by atoms with Crippen LogP contribution in [-0.2, 0) is 0 Å². The highest BCUT2D eigenvalue weighted by Gasteiger charge is 2.23. The summed E-state index contributed by atoms with van der Waals surface area (Å²) in [6, 6.07) is 9.47. The average Bonchev–Trinajstić information content (AvgIpc) is 2.59. The Morgan fingerprint density at radius 1 is 1.23 bits per heavy atom. The van der Waals surface area contributed by atoms with Crippen LogP contribution >= 0.6 is 27.5 Å². The molecule has 0 aliphatic heterocycles. The van der Waals surface area contributed by atoms with Gasteiger partial charge in [0, 0.05) is 10.5 Å². The SMILES string of the molecule is Cc1nc2ccc(Br)cc2nc1NNC(=O)c1c(Cl)cccc1[N+](=O)[O-]. The third kappa shape index (κ3) is 3.58. The lowest BCUT2D eigenvalue weighted by Crippen LogP contribution is -2.31. The number of hydrogen-bond acceptors (Lipinski definition) is 6. The molecule has 0 bridgehead atoms. The van der Waals surface area contributed by atoms with Crippen LogP contribution in [0.1, 0.15) is 16.1 Å². The van der Waals surface area contributed by atoms with Gasteiger partial charge in [-0.3, -0.25) is 25.8 Å². The van der Waals surface area contributed by atoms with Crippen LogP contribution in [0.15, 0.2) is 40.9 Å². The number of nitrogens with zero attached hydrogens (tertiary/aromatic N) is 3. The molecule has 10 heteroatoms. The number of benzene rings is 2. The quantitative estimate of drug-likeness (QED) is 0.472. The van der Waals surface area contributed by atoms with Crippen molar-refractivity contribution < 1.29 is 9.72 Å². The standard InChI is InChI=1S/C16H11BrClN5O3/c1-8-15(20-12-7-9(17)5-6-11(12)19-8)21-22-16(24)14-10(18)3-2-4-13(14)23(25)26/h2-7H,1H3,(H,20,21)(H,22,24). The number of fused-ring (bicyclic) bond motifs is 1. The highest BCUT2D eigenvalue weighted by atomic mass is 79.9. The molecule has 2 aromatic carbocycles. The van der Waals surface area contributed by atoms with E-state index in [0.717, 1.165) is 4.47 Å². The van der Waals surface area contributed by atoms with Gasteiger partial charge in [-0.05, 0) is 31.2 Å². The first kappa shape index (κ1) is 18.0. The monoisotopic (exact) mass is 435 g/mol. The maximum absolute atomic E-state index is 12.4. The summed E-state index contributed by atoms with van der Waals surface area (Å²) in [5.74, 6) is -0.434. The molecular weight excluding hydrogens is 426 g/mol. The van der Waals surface area contributed by atoms with Crippen LogP contribution in [0.3, 0.4) is 0 Å². The van der Waals surface area contributed by atoms with Crippen molar-refractivity contribution in [2.45, 2.75) is 6.92 Å². The van der Waals surface area contributed by atoms with Gasteiger partial charge in [0.15, 0.2) is 5.82 Å². The smallest absolute Gasteiger partial charge is 0.280 e. The average molecular weight is 437 g/mol. The lowest BCUT2D eigenvalue weighted by molar-refractivity contribution is -0.385. The second kappa shape index (κ2) is 7.22. The normalized spacial score (nSPS) is 10.6. The predicted molar refractivity (Wildman–Crippen MR) is 101 cm³/mol. The number of anilines is 1. The van der Waals surface area contributed by atoms with Gasteiger partial charge in [-0.2, -0.15) is 0 Å². The zero-order valence-electron chi connectivity index (χ0n) is 13.3. The molecule has 0 aliphatic carbocycles. The number of nitrogens with one attached hydrogen (secondary N) is 2. The Hall–Kier alpha value is -2.78. The molecule has 26 heavy (non-hydrogen) atoms. The summed E-state index contributed by atoms with van der Waals surface area (Å²) in [7, 11) is 0. The van der Waals surface area contributed by atoms with Gasteiger partial charge in [0.2, 0.25) is 0 Å². The van der Waals surface area contributed by atoms with E-state index in [1.54, 1.807) is 13.0 Å². The number of halogens is 2. The number of carbonyl (C=O) groups is 1. The second-order valence-electron chi connectivity index (χ2n) is 5.26. The first-order chi connectivity index (χ1) is 12.4. The molecule has 0 saturated heterocycles. The van der Waals surface area contributed by atoms with Crippen molar-refractivity contribution in [3.63, 3.8) is 0 Å². The molecule has 0 spiro atoms. The molecule has 0 atom stereocenters. The van der Waals surface area contributed by atoms with Crippen LogP contribution < -0.4 is 10.9 Å². The predicted octanol–water partition coefficient (Wildman–Crippen LogP) is 4.02. The van der Waals surface area contributed by atoms with Gasteiger partial charge in [0.1, 0.15) is 5.56 Å². The minimum atomic E-state index is -0.752. The molecule has 3 aromatic rings. The van der Waals surface area contributed by atoms with E-state index < -0.39 is 10.8 Å². The Kier molecular flexibility index (Phi) is 5.01. The minimum Gasteiger partial charge on any atom is -0.280 e. The second-order valence-corrected chi connectivity index (χ2v) is 6.58. The number of carbonyl (C=O) groups excluding carboxylic acids is 1. The van der Waals surface area contributed by atoms with E-state index in [-0.39, 0.29) is 16.3 Å². The maximum Gasteiger partial charge on any atom is 0.283 e. The highest BCUT2D eigenvalue weighted by Crippen LogP contribution is 2.26. The summed E-state index contributed by atoms with van der Waals surface area (Å²) in [6.45, 7) is 1.72. The van der Waals surface area contributed by atoms with Gasteiger partial charge in [-0.25, -0.2) is 9.97 Å². The number of aryl methyl sites for hydroxylation is 1. The van der Waals surface area contributed by atoms with Crippen molar-refractivity contribution in [2.24, 2.45) is 0 Å². The molecular formula is C16H11BrClN5O3. The third-order valence-electron chi connectivity index (χ3n) is 3.51. The van der Waals surface area contributed by atoms with Gasteiger partial charge < -0.3 is 0 Å². The summed E-state index contributed by atoms with van der Waals surface area (Å²) in [4.78, 5) is 31.6. The molecule has 0 radical (unpaired) electrons. The molecule has 1 amide bonds. The first-order valence-corrected chi connectivity index (χ1v) is 8.47. The molecule has 1 aromatic heterocycles. The third-order valence-corrected chi connectivity index (χ3v) is 4.32. The van der Waals surface area contributed by atoms with Crippen molar-refractivity contribution in [2.75, 3.05) is 5.43 Å². The van der Waals surface area contributed by atoms with E-state index in [4.69, 9.17) is 11.6 Å². The molecule has 3 rings (SSSR count). The Morgan fingerprint density at radius 3 is 2.73 bits per heavy atom. The summed E-state index contributed by atoms with van der Waals surface area (Å²) in [5.41, 5.74) is 6.27. The fourth-order valence-electron chi connectivity index (χ4n) is 2.30. The molecule has 0 saturated carbocycles. The van der Waals surface area contributed by atoms with Crippen molar-refractivity contribution in [3.8, 4) is 0 Å². The van der Waals surface area contributed by atoms with Crippen molar-refractivity contribution in [1.82, 2.24) is 15.4 Å². The van der Waals surface area contributed by atoms with E-state index in [0.29, 0.717) is 22.5 Å². The van der Waals surface area contributed by atoms with Gasteiger partial charge in [-0.15, -0.1) is 0 Å². The molecule has 2 N–H and O–H groups in total. The number of hydrazine groups is 1. The number of amides is 1. The molecule has 8 nitrogen and oxygen atoms in total. The molecule has 132 valence electrons. The van der Waals surface area contributed by atoms with Crippen molar-refractivity contribution >= 4 is 56.0 Å². The van der Waals surface area contributed by atoms with E-state index in [1.165, 1.54) is 18.2 Å². The summed E-state index contributed by atoms with van der Waals surface area (Å²) < 4.78 is 0.838. The Balaban J connectivity index is 1.88. The maximum atomic E-state index is 12.4. The number of nitro groups is 1. The summed E-state index contributed by atoms with van der Waals surface area (Å²) >= 11 is 9.31. The number of rotatable bonds is 4. The number of nitro benzene ring substituents is 1. The largest absolute Gasteiger partial charge is 0.283 e. The van der Waals surface area contributed by atoms with Crippen LogP contribution in [0.5, 0.6) is 0 Å². The van der Waals surface area contributed by atoms with Gasteiger partial charge in [0.25, 0.3) is 11.6 Å². The zero-order chi connectivity index (χ0) is 18.8. The zero-order valence-corrected chi connectivity index (χ0v) is 15.6. The Labute approximate surface area is 160 Å². The van der Waals surface area contributed by atoms with Crippen LogP contribution in [0.4, 0.5) is 11.5 Å². The van der Waals surface area contributed by atoms with Crippen LogP contribution in [0.2, 0.25) is 5.02 Å². The summed E-state index contributed by atoms with van der Waals surface area (Å²) in [5, 5.41) is 11.1.